The number of fused-ring (bicyclic) bond motifs is 1. The zero-order valence-electron chi connectivity index (χ0n) is 21.2. The Morgan fingerprint density at radius 1 is 0.947 bits per heavy atom. The van der Waals surface area contributed by atoms with Gasteiger partial charge in [0.1, 0.15) is 18.2 Å². The zero-order valence-corrected chi connectivity index (χ0v) is 21.2. The van der Waals surface area contributed by atoms with Crippen LogP contribution in [0.4, 0.5) is 11.4 Å². The van der Waals surface area contributed by atoms with Crippen molar-refractivity contribution in [2.24, 2.45) is 0 Å². The highest BCUT2D eigenvalue weighted by Crippen LogP contribution is 2.38. The molecule has 0 amide bonds. The van der Waals surface area contributed by atoms with Crippen molar-refractivity contribution >= 4 is 22.1 Å². The first kappa shape index (κ1) is 28.9. The van der Waals surface area contributed by atoms with Crippen LogP contribution in [0.15, 0.2) is 42.6 Å². The highest BCUT2D eigenvalue weighted by molar-refractivity contribution is 5.93. The fraction of sp³-hybridized carbons (Fsp3) is 0.433. The van der Waals surface area contributed by atoms with E-state index < -0.39 is 0 Å². The van der Waals surface area contributed by atoms with Crippen LogP contribution in [0, 0.1) is 17.9 Å². The molecule has 3 aromatic rings. The van der Waals surface area contributed by atoms with E-state index in [2.05, 4.69) is 45.1 Å². The number of nitrogens with zero attached hydrogens (tertiary/aromatic N) is 4. The SMILES string of the molecule is C.[C-]#[N+]c1cnc(OCCOCCOCCOC)c(C#N)c1-c1ccc2cc(N3CCCCC3)ccc2c1. The number of hydrogen-bond acceptors (Lipinski definition) is 7. The Bertz CT molecular complexity index is 1280. The number of benzene rings is 2. The molecule has 8 heteroatoms. The van der Waals surface area contributed by atoms with Gasteiger partial charge in [0.15, 0.2) is 0 Å². The lowest BCUT2D eigenvalue weighted by Crippen LogP contribution is -2.29. The summed E-state index contributed by atoms with van der Waals surface area (Å²) in [6, 6.07) is 14.7. The summed E-state index contributed by atoms with van der Waals surface area (Å²) in [6.07, 6.45) is 5.23. The molecule has 0 aliphatic carbocycles. The molecule has 200 valence electrons. The molecule has 2 heterocycles. The molecule has 1 fully saturated rings. The van der Waals surface area contributed by atoms with Gasteiger partial charge in [-0.05, 0) is 53.8 Å². The number of hydrogen-bond donors (Lipinski definition) is 0. The van der Waals surface area contributed by atoms with Crippen LogP contribution in [0.3, 0.4) is 0 Å². The summed E-state index contributed by atoms with van der Waals surface area (Å²) in [6.45, 7) is 12.4. The molecular weight excluding hydrogens is 480 g/mol. The van der Waals surface area contributed by atoms with E-state index in [1.165, 1.54) is 31.1 Å². The minimum absolute atomic E-state index is 0. The molecule has 0 saturated carbocycles. The summed E-state index contributed by atoms with van der Waals surface area (Å²) in [5, 5.41) is 12.2. The number of anilines is 1. The van der Waals surface area contributed by atoms with E-state index in [9.17, 15) is 5.26 Å². The average molecular weight is 517 g/mol. The minimum Gasteiger partial charge on any atom is -0.474 e. The molecule has 1 aromatic heterocycles. The molecular formula is C30H36N4O4. The van der Waals surface area contributed by atoms with Crippen molar-refractivity contribution in [3.05, 3.63) is 59.6 Å². The lowest BCUT2D eigenvalue weighted by atomic mass is 9.97. The van der Waals surface area contributed by atoms with Gasteiger partial charge in [-0.15, -0.1) is 0 Å². The van der Waals surface area contributed by atoms with Crippen LogP contribution >= 0.6 is 0 Å². The van der Waals surface area contributed by atoms with Gasteiger partial charge in [-0.2, -0.15) is 5.26 Å². The number of pyridine rings is 1. The topological polar surface area (TPSA) is 81.2 Å². The van der Waals surface area contributed by atoms with Crippen molar-refractivity contribution in [3.63, 3.8) is 0 Å². The van der Waals surface area contributed by atoms with Crippen LogP contribution < -0.4 is 9.64 Å². The number of ether oxygens (including phenoxy) is 4. The molecule has 0 bridgehead atoms. The monoisotopic (exact) mass is 516 g/mol. The highest BCUT2D eigenvalue weighted by Gasteiger charge is 2.19. The molecule has 0 N–H and O–H groups in total. The molecule has 0 unspecified atom stereocenters. The first-order chi connectivity index (χ1) is 18.2. The van der Waals surface area contributed by atoms with E-state index in [0.29, 0.717) is 44.3 Å². The number of nitriles is 1. The van der Waals surface area contributed by atoms with Gasteiger partial charge >= 0.3 is 0 Å². The lowest BCUT2D eigenvalue weighted by Gasteiger charge is -2.29. The minimum atomic E-state index is 0. The molecule has 2 aromatic carbocycles. The van der Waals surface area contributed by atoms with Crippen molar-refractivity contribution in [3.8, 4) is 23.1 Å². The van der Waals surface area contributed by atoms with Crippen LogP contribution in [0.5, 0.6) is 5.88 Å². The summed E-state index contributed by atoms with van der Waals surface area (Å²) in [7, 11) is 1.63. The third-order valence-electron chi connectivity index (χ3n) is 6.36. The number of piperidine rings is 1. The number of methoxy groups -OCH3 is 1. The van der Waals surface area contributed by atoms with Gasteiger partial charge in [-0.1, -0.05) is 25.6 Å². The standard InChI is InChI=1S/C29H32N4O4.CH4/c1-31-27-21-32-29(37-17-16-36-15-14-35-13-12-34-2)26(20-30)28(27)24-7-6-23-19-25(9-8-22(23)18-24)33-10-4-3-5-11-33;/h6-9,18-19,21H,3-5,10-17H2,2H3;1H4. The summed E-state index contributed by atoms with van der Waals surface area (Å²) in [4.78, 5) is 10.3. The summed E-state index contributed by atoms with van der Waals surface area (Å²) < 4.78 is 21.6. The maximum absolute atomic E-state index is 9.98. The van der Waals surface area contributed by atoms with Crippen molar-refractivity contribution < 1.29 is 18.9 Å². The molecule has 38 heavy (non-hydrogen) atoms. The van der Waals surface area contributed by atoms with E-state index in [4.69, 9.17) is 25.5 Å². The number of aromatic nitrogens is 1. The van der Waals surface area contributed by atoms with Crippen molar-refractivity contribution in [1.29, 1.82) is 5.26 Å². The third-order valence-corrected chi connectivity index (χ3v) is 6.36. The van der Waals surface area contributed by atoms with Gasteiger partial charge in [-0.25, -0.2) is 9.83 Å². The first-order valence-electron chi connectivity index (χ1n) is 12.6. The lowest BCUT2D eigenvalue weighted by molar-refractivity contribution is 0.0176. The van der Waals surface area contributed by atoms with Gasteiger partial charge in [-0.3, -0.25) is 0 Å². The summed E-state index contributed by atoms with van der Waals surface area (Å²) in [5.41, 5.74) is 3.13. The molecule has 0 atom stereocenters. The Hall–Kier alpha value is -3.69. The van der Waals surface area contributed by atoms with E-state index in [0.717, 1.165) is 29.4 Å². The van der Waals surface area contributed by atoms with Gasteiger partial charge < -0.3 is 23.8 Å². The second-order valence-corrected chi connectivity index (χ2v) is 8.78. The number of rotatable bonds is 12. The normalized spacial score (nSPS) is 13.0. The maximum atomic E-state index is 9.98. The largest absolute Gasteiger partial charge is 0.474 e. The van der Waals surface area contributed by atoms with Gasteiger partial charge in [0, 0.05) is 37.6 Å². The van der Waals surface area contributed by atoms with E-state index >= 15 is 0 Å². The highest BCUT2D eigenvalue weighted by atomic mass is 16.6. The first-order valence-corrected chi connectivity index (χ1v) is 12.6. The van der Waals surface area contributed by atoms with Gasteiger partial charge in [0.25, 0.3) is 0 Å². The Morgan fingerprint density at radius 3 is 2.34 bits per heavy atom. The van der Waals surface area contributed by atoms with Crippen LogP contribution in [0.25, 0.3) is 26.7 Å². The predicted octanol–water partition coefficient (Wildman–Crippen LogP) is 6.01. The van der Waals surface area contributed by atoms with E-state index in [1.54, 1.807) is 7.11 Å². The molecule has 1 aliphatic heterocycles. The second kappa shape index (κ2) is 14.9. The Balaban J connectivity index is 0.00000400. The molecule has 0 radical (unpaired) electrons. The summed E-state index contributed by atoms with van der Waals surface area (Å²) >= 11 is 0. The van der Waals surface area contributed by atoms with Crippen molar-refractivity contribution in [1.82, 2.24) is 4.98 Å². The van der Waals surface area contributed by atoms with Gasteiger partial charge in [0.2, 0.25) is 11.6 Å². The molecule has 0 spiro atoms. The van der Waals surface area contributed by atoms with Crippen LogP contribution in [-0.2, 0) is 14.2 Å². The average Bonchev–Trinajstić information content (AvgIpc) is 2.95. The maximum Gasteiger partial charge on any atom is 0.229 e. The quantitative estimate of drug-likeness (QED) is 0.215. The zero-order chi connectivity index (χ0) is 25.9. The summed E-state index contributed by atoms with van der Waals surface area (Å²) in [5.74, 6) is 0.199. The second-order valence-electron chi connectivity index (χ2n) is 8.78. The molecule has 1 saturated heterocycles. The van der Waals surface area contributed by atoms with E-state index in [1.807, 2.05) is 12.1 Å². The Labute approximate surface area is 225 Å². The van der Waals surface area contributed by atoms with Crippen LogP contribution in [0.2, 0.25) is 0 Å². The third kappa shape index (κ3) is 7.20. The predicted molar refractivity (Wildman–Crippen MR) is 150 cm³/mol. The fourth-order valence-electron chi connectivity index (χ4n) is 4.47. The fourth-order valence-corrected chi connectivity index (χ4v) is 4.47. The van der Waals surface area contributed by atoms with Crippen molar-refractivity contribution in [2.75, 3.05) is 64.7 Å². The van der Waals surface area contributed by atoms with Crippen LogP contribution in [0.1, 0.15) is 32.3 Å². The van der Waals surface area contributed by atoms with Crippen LogP contribution in [-0.4, -0.2) is 64.8 Å². The molecule has 1 aliphatic rings. The van der Waals surface area contributed by atoms with Gasteiger partial charge in [0.05, 0.1) is 39.6 Å². The Morgan fingerprint density at radius 2 is 1.63 bits per heavy atom. The van der Waals surface area contributed by atoms with Crippen molar-refractivity contribution in [2.45, 2.75) is 26.7 Å². The molecule has 8 nitrogen and oxygen atoms in total. The van der Waals surface area contributed by atoms with E-state index in [-0.39, 0.29) is 25.5 Å². The molecule has 4 rings (SSSR count). The Kier molecular flexibility index (Phi) is 11.3. The smallest absolute Gasteiger partial charge is 0.229 e.